The van der Waals surface area contributed by atoms with Crippen molar-refractivity contribution in [2.45, 2.75) is 43.8 Å². The molecule has 3 rings (SSSR count). The van der Waals surface area contributed by atoms with E-state index in [0.717, 1.165) is 37.2 Å². The summed E-state index contributed by atoms with van der Waals surface area (Å²) in [5, 5.41) is 7.77. The molecule has 5 nitrogen and oxygen atoms in total. The van der Waals surface area contributed by atoms with E-state index >= 15 is 0 Å². The molecule has 2 aromatic rings. The molecule has 6 heteroatoms. The highest BCUT2D eigenvalue weighted by Crippen LogP contribution is 2.23. The van der Waals surface area contributed by atoms with Crippen molar-refractivity contribution in [1.29, 1.82) is 0 Å². The number of hydrogen-bond donors (Lipinski definition) is 1. The predicted octanol–water partition coefficient (Wildman–Crippen LogP) is 3.35. The molecule has 0 spiro atoms. The summed E-state index contributed by atoms with van der Waals surface area (Å²) in [6.45, 7) is 3.05. The Morgan fingerprint density at radius 1 is 1.35 bits per heavy atom. The zero-order chi connectivity index (χ0) is 16.1. The van der Waals surface area contributed by atoms with Crippen molar-refractivity contribution in [3.8, 4) is 11.4 Å². The van der Waals surface area contributed by atoms with Gasteiger partial charge in [0.15, 0.2) is 5.82 Å². The lowest BCUT2D eigenvalue weighted by molar-refractivity contribution is -0.132. The molecule has 1 aliphatic heterocycles. The van der Waals surface area contributed by atoms with Gasteiger partial charge in [0.05, 0.1) is 5.75 Å². The largest absolute Gasteiger partial charge is 0.339 e. The minimum absolute atomic E-state index is 0.201. The fourth-order valence-corrected chi connectivity index (χ4v) is 3.68. The Morgan fingerprint density at radius 2 is 2.17 bits per heavy atom. The van der Waals surface area contributed by atoms with Crippen LogP contribution in [0.4, 0.5) is 0 Å². The minimum atomic E-state index is 0.201. The molecule has 1 atom stereocenters. The normalized spacial score (nSPS) is 18.1. The minimum Gasteiger partial charge on any atom is -0.339 e. The number of H-pyrrole nitrogens is 1. The van der Waals surface area contributed by atoms with Gasteiger partial charge in [-0.15, -0.1) is 5.10 Å². The summed E-state index contributed by atoms with van der Waals surface area (Å²) in [7, 11) is 0. The third-order valence-corrected chi connectivity index (χ3v) is 5.09. The highest BCUT2D eigenvalue weighted by molar-refractivity contribution is 7.99. The van der Waals surface area contributed by atoms with Gasteiger partial charge in [-0.25, -0.2) is 4.98 Å². The lowest BCUT2D eigenvalue weighted by atomic mass is 10.0. The van der Waals surface area contributed by atoms with Gasteiger partial charge in [0.25, 0.3) is 0 Å². The van der Waals surface area contributed by atoms with Gasteiger partial charge in [0.2, 0.25) is 11.1 Å². The van der Waals surface area contributed by atoms with E-state index in [9.17, 15) is 4.79 Å². The van der Waals surface area contributed by atoms with Gasteiger partial charge in [-0.1, -0.05) is 49.0 Å². The van der Waals surface area contributed by atoms with E-state index in [-0.39, 0.29) is 5.91 Å². The van der Waals surface area contributed by atoms with Gasteiger partial charge in [0, 0.05) is 18.2 Å². The number of piperidine rings is 1. The lowest BCUT2D eigenvalue weighted by Gasteiger charge is -2.35. The quantitative estimate of drug-likeness (QED) is 0.854. The molecule has 1 aliphatic rings. The fourth-order valence-electron chi connectivity index (χ4n) is 3.00. The molecule has 0 aliphatic carbocycles. The molecule has 1 saturated heterocycles. The summed E-state index contributed by atoms with van der Waals surface area (Å²) in [5.74, 6) is 1.35. The number of aromatic amines is 1. The first-order chi connectivity index (χ1) is 11.3. The number of thioether (sulfide) groups is 1. The van der Waals surface area contributed by atoms with E-state index < -0.39 is 0 Å². The molecular formula is C17H22N4OS. The van der Waals surface area contributed by atoms with Crippen LogP contribution in [0.3, 0.4) is 0 Å². The molecule has 0 radical (unpaired) electrons. The smallest absolute Gasteiger partial charge is 0.233 e. The fraction of sp³-hybridized carbons (Fsp3) is 0.471. The first-order valence-corrected chi connectivity index (χ1v) is 9.16. The number of rotatable bonds is 5. The summed E-state index contributed by atoms with van der Waals surface area (Å²) in [4.78, 5) is 19.0. The molecule has 1 amide bonds. The topological polar surface area (TPSA) is 61.9 Å². The average Bonchev–Trinajstić information content (AvgIpc) is 3.09. The van der Waals surface area contributed by atoms with Crippen LogP contribution < -0.4 is 0 Å². The monoisotopic (exact) mass is 330 g/mol. The van der Waals surface area contributed by atoms with Crippen LogP contribution in [-0.2, 0) is 4.79 Å². The summed E-state index contributed by atoms with van der Waals surface area (Å²) in [5.41, 5.74) is 1.00. The third kappa shape index (κ3) is 3.93. The van der Waals surface area contributed by atoms with Crippen LogP contribution in [0.1, 0.15) is 32.6 Å². The maximum atomic E-state index is 12.5. The molecular weight excluding hydrogens is 308 g/mol. The Labute approximate surface area is 140 Å². The number of carbonyl (C=O) groups excluding carboxylic acids is 1. The maximum absolute atomic E-state index is 12.5. The Hall–Kier alpha value is -1.82. The van der Waals surface area contributed by atoms with E-state index in [1.165, 1.54) is 18.2 Å². The maximum Gasteiger partial charge on any atom is 0.233 e. The van der Waals surface area contributed by atoms with Crippen LogP contribution in [0, 0.1) is 0 Å². The van der Waals surface area contributed by atoms with Gasteiger partial charge in [-0.3, -0.25) is 9.89 Å². The second-order valence-electron chi connectivity index (χ2n) is 5.77. The van der Waals surface area contributed by atoms with E-state index in [1.54, 1.807) is 0 Å². The van der Waals surface area contributed by atoms with E-state index in [4.69, 9.17) is 0 Å². The highest BCUT2D eigenvalue weighted by atomic mass is 32.2. The summed E-state index contributed by atoms with van der Waals surface area (Å²) in [6, 6.07) is 10.3. The summed E-state index contributed by atoms with van der Waals surface area (Å²) >= 11 is 1.41. The Kier molecular flexibility index (Phi) is 5.33. The number of amides is 1. The molecule has 0 bridgehead atoms. The van der Waals surface area contributed by atoms with Crippen LogP contribution in [-0.4, -0.2) is 44.3 Å². The predicted molar refractivity (Wildman–Crippen MR) is 92.2 cm³/mol. The van der Waals surface area contributed by atoms with Gasteiger partial charge in [-0.2, -0.15) is 0 Å². The third-order valence-electron chi connectivity index (χ3n) is 4.26. The SMILES string of the molecule is CC[C@@H]1CCCCN1C(=O)CSc1n[nH]c(-c2ccccc2)n1. The van der Waals surface area contributed by atoms with Crippen LogP contribution in [0.2, 0.25) is 0 Å². The first-order valence-electron chi connectivity index (χ1n) is 8.18. The standard InChI is InChI=1S/C17H22N4OS/c1-2-14-10-6-7-11-21(14)15(22)12-23-17-18-16(19-20-17)13-8-4-3-5-9-13/h3-5,8-9,14H,2,6-7,10-12H2,1H3,(H,18,19,20)/t14-/m1/s1. The summed E-state index contributed by atoms with van der Waals surface area (Å²) in [6.07, 6.45) is 4.52. The van der Waals surface area contributed by atoms with Crippen molar-refractivity contribution in [3.63, 3.8) is 0 Å². The van der Waals surface area contributed by atoms with E-state index in [2.05, 4.69) is 22.1 Å². The lowest BCUT2D eigenvalue weighted by Crippen LogP contribution is -2.44. The van der Waals surface area contributed by atoms with Gasteiger partial charge < -0.3 is 4.90 Å². The molecule has 1 aromatic heterocycles. The molecule has 1 aromatic carbocycles. The molecule has 0 saturated carbocycles. The first kappa shape index (κ1) is 16.1. The van der Waals surface area contributed by atoms with Crippen molar-refractivity contribution in [1.82, 2.24) is 20.1 Å². The van der Waals surface area contributed by atoms with Gasteiger partial charge in [0.1, 0.15) is 0 Å². The van der Waals surface area contributed by atoms with Crippen molar-refractivity contribution < 1.29 is 4.79 Å². The number of carbonyl (C=O) groups is 1. The molecule has 0 unspecified atom stereocenters. The van der Waals surface area contributed by atoms with Crippen LogP contribution in [0.15, 0.2) is 35.5 Å². The second kappa shape index (κ2) is 7.64. The molecule has 1 N–H and O–H groups in total. The van der Waals surface area contributed by atoms with Crippen molar-refractivity contribution >= 4 is 17.7 Å². The zero-order valence-electron chi connectivity index (χ0n) is 13.4. The number of hydrogen-bond acceptors (Lipinski definition) is 4. The van der Waals surface area contributed by atoms with Gasteiger partial charge in [-0.05, 0) is 25.7 Å². The zero-order valence-corrected chi connectivity index (χ0v) is 14.2. The number of likely N-dealkylation sites (tertiary alicyclic amines) is 1. The van der Waals surface area contributed by atoms with E-state index in [0.29, 0.717) is 17.0 Å². The Bertz CT molecular complexity index is 643. The van der Waals surface area contributed by atoms with Crippen LogP contribution in [0.25, 0.3) is 11.4 Å². The highest BCUT2D eigenvalue weighted by Gasteiger charge is 2.25. The molecule has 23 heavy (non-hydrogen) atoms. The van der Waals surface area contributed by atoms with Crippen LogP contribution in [0.5, 0.6) is 0 Å². The molecule has 122 valence electrons. The number of nitrogens with one attached hydrogen (secondary N) is 1. The molecule has 1 fully saturated rings. The number of aromatic nitrogens is 3. The van der Waals surface area contributed by atoms with Crippen LogP contribution >= 0.6 is 11.8 Å². The number of nitrogens with zero attached hydrogens (tertiary/aromatic N) is 3. The summed E-state index contributed by atoms with van der Waals surface area (Å²) < 4.78 is 0. The van der Waals surface area contributed by atoms with Crippen molar-refractivity contribution in [2.75, 3.05) is 12.3 Å². The Balaban J connectivity index is 1.58. The van der Waals surface area contributed by atoms with Crippen molar-refractivity contribution in [3.05, 3.63) is 30.3 Å². The van der Waals surface area contributed by atoms with E-state index in [1.807, 2.05) is 35.2 Å². The Morgan fingerprint density at radius 3 is 2.96 bits per heavy atom. The second-order valence-corrected chi connectivity index (χ2v) is 6.71. The molecule has 2 heterocycles. The van der Waals surface area contributed by atoms with Gasteiger partial charge >= 0.3 is 0 Å². The van der Waals surface area contributed by atoms with Crippen molar-refractivity contribution in [2.24, 2.45) is 0 Å². The average molecular weight is 330 g/mol. The number of benzene rings is 1.